The predicted octanol–water partition coefficient (Wildman–Crippen LogP) is 2.42. The zero-order chi connectivity index (χ0) is 16.4. The molecule has 5 nitrogen and oxygen atoms in total. The fourth-order valence-electron chi connectivity index (χ4n) is 2.13. The largest absolute Gasteiger partial charge is 0.382 e. The van der Waals surface area contributed by atoms with Gasteiger partial charge in [0.15, 0.2) is 11.5 Å². The minimum atomic E-state index is -0.733. The van der Waals surface area contributed by atoms with Crippen molar-refractivity contribution in [3.8, 4) is 0 Å². The van der Waals surface area contributed by atoms with E-state index in [-0.39, 0.29) is 23.6 Å². The number of rotatable bonds is 3. The van der Waals surface area contributed by atoms with Crippen LogP contribution in [-0.2, 0) is 6.54 Å². The minimum absolute atomic E-state index is 0.0461. The number of aromatic nitrogens is 2. The van der Waals surface area contributed by atoms with E-state index in [1.807, 2.05) is 0 Å². The Balaban J connectivity index is 1.85. The Morgan fingerprint density at radius 3 is 2.26 bits per heavy atom. The van der Waals surface area contributed by atoms with Crippen LogP contribution in [0.3, 0.4) is 0 Å². The number of halogens is 2. The van der Waals surface area contributed by atoms with E-state index in [9.17, 15) is 13.6 Å². The molecule has 7 heteroatoms. The maximum atomic E-state index is 13.5. The van der Waals surface area contributed by atoms with Gasteiger partial charge in [-0.2, -0.15) is 0 Å². The summed E-state index contributed by atoms with van der Waals surface area (Å²) in [5, 5.41) is 2.40. The van der Waals surface area contributed by atoms with E-state index in [1.54, 1.807) is 24.3 Å². The van der Waals surface area contributed by atoms with Crippen LogP contribution >= 0.6 is 0 Å². The molecule has 1 amide bonds. The van der Waals surface area contributed by atoms with E-state index in [0.29, 0.717) is 11.0 Å². The van der Waals surface area contributed by atoms with Gasteiger partial charge in [0, 0.05) is 12.1 Å². The van der Waals surface area contributed by atoms with E-state index in [4.69, 9.17) is 5.73 Å². The Kier molecular flexibility index (Phi) is 3.84. The number of benzene rings is 2. The van der Waals surface area contributed by atoms with Crippen LogP contribution in [0.25, 0.3) is 11.0 Å². The molecule has 0 bridgehead atoms. The Hall–Kier alpha value is -3.09. The molecule has 1 heterocycles. The van der Waals surface area contributed by atoms with Crippen molar-refractivity contribution in [1.82, 2.24) is 15.3 Å². The van der Waals surface area contributed by atoms with Crippen molar-refractivity contribution >= 4 is 22.8 Å². The van der Waals surface area contributed by atoms with Crippen LogP contribution in [0.15, 0.2) is 42.5 Å². The van der Waals surface area contributed by atoms with Crippen molar-refractivity contribution in [2.75, 3.05) is 5.73 Å². The molecule has 0 atom stereocenters. The molecule has 3 rings (SSSR count). The summed E-state index contributed by atoms with van der Waals surface area (Å²) >= 11 is 0. The van der Waals surface area contributed by atoms with Crippen molar-refractivity contribution in [3.05, 3.63) is 65.4 Å². The Bertz CT molecular complexity index is 878. The molecule has 3 aromatic rings. The lowest BCUT2D eigenvalue weighted by Gasteiger charge is -2.09. The first kappa shape index (κ1) is 14.8. The standard InChI is InChI=1S/C16H12F2N4O/c17-10-4-3-5-11(18)9(10)8-20-16(23)14-15(19)22-13-7-2-1-6-12(13)21-14/h1-7H,8H2,(H2,19,22)(H,20,23). The Morgan fingerprint density at radius 1 is 1.00 bits per heavy atom. The number of nitrogens with two attached hydrogens (primary N) is 1. The fourth-order valence-corrected chi connectivity index (χ4v) is 2.13. The summed E-state index contributed by atoms with van der Waals surface area (Å²) in [4.78, 5) is 20.4. The van der Waals surface area contributed by atoms with Crippen molar-refractivity contribution < 1.29 is 13.6 Å². The molecule has 0 saturated carbocycles. The summed E-state index contributed by atoms with van der Waals surface area (Å²) in [6, 6.07) is 10.4. The average molecular weight is 314 g/mol. The summed E-state index contributed by atoms with van der Waals surface area (Å²) in [7, 11) is 0. The predicted molar refractivity (Wildman–Crippen MR) is 81.5 cm³/mol. The number of carbonyl (C=O) groups is 1. The topological polar surface area (TPSA) is 80.9 Å². The molecule has 116 valence electrons. The second-order valence-electron chi connectivity index (χ2n) is 4.83. The van der Waals surface area contributed by atoms with Gasteiger partial charge in [0.05, 0.1) is 11.0 Å². The zero-order valence-corrected chi connectivity index (χ0v) is 11.9. The van der Waals surface area contributed by atoms with Gasteiger partial charge >= 0.3 is 0 Å². The van der Waals surface area contributed by atoms with E-state index in [0.717, 1.165) is 12.1 Å². The normalized spacial score (nSPS) is 10.7. The second-order valence-corrected chi connectivity index (χ2v) is 4.83. The minimum Gasteiger partial charge on any atom is -0.382 e. The average Bonchev–Trinajstić information content (AvgIpc) is 2.53. The summed E-state index contributed by atoms with van der Waals surface area (Å²) in [6.45, 7) is -0.314. The number of hydrogen-bond donors (Lipinski definition) is 2. The molecular formula is C16H12F2N4O. The molecule has 0 radical (unpaired) electrons. The van der Waals surface area contributed by atoms with Gasteiger partial charge in [0.1, 0.15) is 11.6 Å². The maximum absolute atomic E-state index is 13.5. The molecule has 0 aliphatic carbocycles. The van der Waals surface area contributed by atoms with Crippen molar-refractivity contribution in [3.63, 3.8) is 0 Å². The van der Waals surface area contributed by atoms with Gasteiger partial charge in [0.25, 0.3) is 5.91 Å². The van der Waals surface area contributed by atoms with Gasteiger partial charge in [0.2, 0.25) is 0 Å². The lowest BCUT2D eigenvalue weighted by atomic mass is 10.2. The molecule has 23 heavy (non-hydrogen) atoms. The molecule has 0 spiro atoms. The zero-order valence-electron chi connectivity index (χ0n) is 11.9. The third kappa shape index (κ3) is 2.94. The molecule has 0 fully saturated rings. The van der Waals surface area contributed by atoms with Gasteiger partial charge in [-0.25, -0.2) is 18.7 Å². The second kappa shape index (κ2) is 5.96. The van der Waals surface area contributed by atoms with Gasteiger partial charge in [-0.1, -0.05) is 18.2 Å². The number of hydrogen-bond acceptors (Lipinski definition) is 4. The number of amides is 1. The molecule has 1 aromatic heterocycles. The van der Waals surface area contributed by atoms with E-state index < -0.39 is 17.5 Å². The van der Waals surface area contributed by atoms with E-state index in [2.05, 4.69) is 15.3 Å². The number of nitrogens with zero attached hydrogens (tertiary/aromatic N) is 2. The van der Waals surface area contributed by atoms with Gasteiger partial charge in [-0.05, 0) is 24.3 Å². The van der Waals surface area contributed by atoms with Crippen LogP contribution in [0, 0.1) is 11.6 Å². The fraction of sp³-hybridized carbons (Fsp3) is 0.0625. The van der Waals surface area contributed by atoms with Gasteiger partial charge < -0.3 is 11.1 Å². The summed E-state index contributed by atoms with van der Waals surface area (Å²) in [6.07, 6.45) is 0. The summed E-state index contributed by atoms with van der Waals surface area (Å²) < 4.78 is 27.1. The van der Waals surface area contributed by atoms with Crippen molar-refractivity contribution in [2.24, 2.45) is 0 Å². The lowest BCUT2D eigenvalue weighted by Crippen LogP contribution is -2.26. The molecule has 0 aliphatic rings. The van der Waals surface area contributed by atoms with Crippen LogP contribution < -0.4 is 11.1 Å². The third-order valence-electron chi connectivity index (χ3n) is 3.30. The number of para-hydroxylation sites is 2. The third-order valence-corrected chi connectivity index (χ3v) is 3.30. The molecule has 3 N–H and O–H groups in total. The smallest absolute Gasteiger partial charge is 0.274 e. The Labute approximate surface area is 130 Å². The number of nitrogens with one attached hydrogen (secondary N) is 1. The van der Waals surface area contributed by atoms with Crippen LogP contribution in [0.4, 0.5) is 14.6 Å². The van der Waals surface area contributed by atoms with Gasteiger partial charge in [-0.15, -0.1) is 0 Å². The number of nitrogen functional groups attached to an aromatic ring is 1. The summed E-state index contributed by atoms with van der Waals surface area (Å²) in [5.41, 5.74) is 6.48. The summed E-state index contributed by atoms with van der Waals surface area (Å²) in [5.74, 6) is -2.16. The SMILES string of the molecule is Nc1nc2ccccc2nc1C(=O)NCc1c(F)cccc1F. The molecule has 0 unspecified atom stereocenters. The molecule has 2 aromatic carbocycles. The van der Waals surface area contributed by atoms with E-state index >= 15 is 0 Å². The maximum Gasteiger partial charge on any atom is 0.274 e. The highest BCUT2D eigenvalue weighted by molar-refractivity contribution is 5.98. The first-order valence-electron chi connectivity index (χ1n) is 6.79. The first-order chi connectivity index (χ1) is 11.1. The number of fused-ring (bicyclic) bond motifs is 1. The van der Waals surface area contributed by atoms with E-state index in [1.165, 1.54) is 6.07 Å². The first-order valence-corrected chi connectivity index (χ1v) is 6.79. The van der Waals surface area contributed by atoms with Crippen molar-refractivity contribution in [1.29, 1.82) is 0 Å². The quantitative estimate of drug-likeness (QED) is 0.778. The molecular weight excluding hydrogens is 302 g/mol. The Morgan fingerprint density at radius 2 is 1.61 bits per heavy atom. The van der Waals surface area contributed by atoms with Crippen LogP contribution in [-0.4, -0.2) is 15.9 Å². The van der Waals surface area contributed by atoms with Crippen LogP contribution in [0.1, 0.15) is 16.1 Å². The van der Waals surface area contributed by atoms with Crippen LogP contribution in [0.5, 0.6) is 0 Å². The molecule has 0 saturated heterocycles. The van der Waals surface area contributed by atoms with Crippen molar-refractivity contribution in [2.45, 2.75) is 6.54 Å². The number of anilines is 1. The lowest BCUT2D eigenvalue weighted by molar-refractivity contribution is 0.0946. The highest BCUT2D eigenvalue weighted by Gasteiger charge is 2.16. The highest BCUT2D eigenvalue weighted by atomic mass is 19.1. The monoisotopic (exact) mass is 314 g/mol. The number of carbonyl (C=O) groups excluding carboxylic acids is 1. The van der Waals surface area contributed by atoms with Crippen LogP contribution in [0.2, 0.25) is 0 Å². The van der Waals surface area contributed by atoms with Gasteiger partial charge in [-0.3, -0.25) is 4.79 Å². The molecule has 0 aliphatic heterocycles. The highest BCUT2D eigenvalue weighted by Crippen LogP contribution is 2.15.